The Morgan fingerprint density at radius 2 is 2.09 bits per heavy atom. The molecule has 1 aliphatic rings. The van der Waals surface area contributed by atoms with E-state index in [9.17, 15) is 5.11 Å². The first-order chi connectivity index (χ1) is 11.2. The van der Waals surface area contributed by atoms with Gasteiger partial charge in [-0.3, -0.25) is 4.90 Å². The molecule has 1 saturated heterocycles. The van der Waals surface area contributed by atoms with Crippen LogP contribution >= 0.6 is 0 Å². The fourth-order valence-corrected chi connectivity index (χ4v) is 3.10. The molecule has 3 rings (SSSR count). The molecule has 23 heavy (non-hydrogen) atoms. The largest absolute Gasteiger partial charge is 0.419 e. The van der Waals surface area contributed by atoms with Crippen LogP contribution < -0.4 is 0 Å². The summed E-state index contributed by atoms with van der Waals surface area (Å²) in [4.78, 5) is 2.24. The van der Waals surface area contributed by atoms with Crippen LogP contribution in [0.5, 0.6) is 0 Å². The standard InChI is InChI=1S/C17H20N4O2/c1-12-3-2-4-15(11-22)21(12)10-16-19-20-17(23-16)14-7-5-13(9-18)6-8-14/h5-8,12,15,22H,2-4,10-11H2,1H3. The number of aliphatic hydroxyl groups excluding tert-OH is 1. The Hall–Kier alpha value is -2.23. The summed E-state index contributed by atoms with van der Waals surface area (Å²) in [5.41, 5.74) is 1.40. The molecule has 0 radical (unpaired) electrons. The molecule has 1 aromatic carbocycles. The Labute approximate surface area is 135 Å². The van der Waals surface area contributed by atoms with Gasteiger partial charge in [-0.05, 0) is 44.0 Å². The molecular weight excluding hydrogens is 292 g/mol. The molecule has 0 spiro atoms. The van der Waals surface area contributed by atoms with E-state index in [2.05, 4.69) is 28.1 Å². The van der Waals surface area contributed by atoms with Crippen molar-refractivity contribution in [1.29, 1.82) is 5.26 Å². The maximum absolute atomic E-state index is 9.56. The average Bonchev–Trinajstić information content (AvgIpc) is 3.05. The minimum absolute atomic E-state index is 0.154. The fraction of sp³-hybridized carbons (Fsp3) is 0.471. The van der Waals surface area contributed by atoms with E-state index in [1.807, 2.05) is 0 Å². The zero-order chi connectivity index (χ0) is 16.2. The molecule has 0 saturated carbocycles. The average molecular weight is 312 g/mol. The van der Waals surface area contributed by atoms with Crippen molar-refractivity contribution in [1.82, 2.24) is 15.1 Å². The lowest BCUT2D eigenvalue weighted by atomic mass is 9.97. The van der Waals surface area contributed by atoms with Gasteiger partial charge in [0.2, 0.25) is 11.8 Å². The molecule has 120 valence electrons. The molecule has 2 atom stereocenters. The zero-order valence-electron chi connectivity index (χ0n) is 13.1. The van der Waals surface area contributed by atoms with Crippen LogP contribution in [0.4, 0.5) is 0 Å². The number of likely N-dealkylation sites (tertiary alicyclic amines) is 1. The molecule has 0 aliphatic carbocycles. The third-order valence-corrected chi connectivity index (χ3v) is 4.45. The SMILES string of the molecule is CC1CCCC(CO)N1Cc1nnc(-c2ccc(C#N)cc2)o1. The lowest BCUT2D eigenvalue weighted by molar-refractivity contribution is 0.0386. The maximum atomic E-state index is 9.56. The summed E-state index contributed by atoms with van der Waals surface area (Å²) in [5.74, 6) is 1.01. The van der Waals surface area contributed by atoms with Crippen molar-refractivity contribution >= 4 is 0 Å². The van der Waals surface area contributed by atoms with Gasteiger partial charge >= 0.3 is 0 Å². The number of aromatic nitrogens is 2. The highest BCUT2D eigenvalue weighted by atomic mass is 16.4. The first-order valence-electron chi connectivity index (χ1n) is 7.90. The molecule has 0 bridgehead atoms. The van der Waals surface area contributed by atoms with Crippen LogP contribution in [-0.4, -0.2) is 38.9 Å². The molecule has 1 aromatic heterocycles. The molecule has 6 heteroatoms. The Bertz CT molecular complexity index is 689. The van der Waals surface area contributed by atoms with Crippen LogP contribution in [-0.2, 0) is 6.54 Å². The van der Waals surface area contributed by atoms with Crippen molar-refractivity contribution in [2.45, 2.75) is 44.8 Å². The molecule has 6 nitrogen and oxygen atoms in total. The van der Waals surface area contributed by atoms with Gasteiger partial charge in [-0.15, -0.1) is 10.2 Å². The Balaban J connectivity index is 1.74. The zero-order valence-corrected chi connectivity index (χ0v) is 13.1. The summed E-state index contributed by atoms with van der Waals surface area (Å²) in [6.45, 7) is 2.87. The predicted molar refractivity (Wildman–Crippen MR) is 84.2 cm³/mol. The highest BCUT2D eigenvalue weighted by Gasteiger charge is 2.28. The minimum atomic E-state index is 0.154. The first kappa shape index (κ1) is 15.7. The molecule has 1 aliphatic heterocycles. The molecule has 2 unspecified atom stereocenters. The third-order valence-electron chi connectivity index (χ3n) is 4.45. The number of nitrogens with zero attached hydrogens (tertiary/aromatic N) is 4. The van der Waals surface area contributed by atoms with Gasteiger partial charge in [0, 0.05) is 17.6 Å². The topological polar surface area (TPSA) is 86.2 Å². The van der Waals surface area contributed by atoms with Crippen LogP contribution in [0.3, 0.4) is 0 Å². The normalized spacial score (nSPS) is 22.0. The van der Waals surface area contributed by atoms with E-state index in [0.29, 0.717) is 29.9 Å². The van der Waals surface area contributed by atoms with Crippen LogP contribution in [0.15, 0.2) is 28.7 Å². The van der Waals surface area contributed by atoms with Crippen LogP contribution in [0, 0.1) is 11.3 Å². The van der Waals surface area contributed by atoms with Crippen molar-refractivity contribution in [2.75, 3.05) is 6.61 Å². The molecular formula is C17H20N4O2. The Morgan fingerprint density at radius 3 is 2.78 bits per heavy atom. The van der Waals surface area contributed by atoms with E-state index in [4.69, 9.17) is 9.68 Å². The van der Waals surface area contributed by atoms with Crippen LogP contribution in [0.25, 0.3) is 11.5 Å². The van der Waals surface area contributed by atoms with E-state index in [1.54, 1.807) is 24.3 Å². The van der Waals surface area contributed by atoms with E-state index in [0.717, 1.165) is 24.8 Å². The van der Waals surface area contributed by atoms with Crippen molar-refractivity contribution in [2.24, 2.45) is 0 Å². The molecule has 2 heterocycles. The van der Waals surface area contributed by atoms with Gasteiger partial charge in [0.1, 0.15) is 0 Å². The fourth-order valence-electron chi connectivity index (χ4n) is 3.10. The number of rotatable bonds is 4. The van der Waals surface area contributed by atoms with Gasteiger partial charge in [0.25, 0.3) is 0 Å². The summed E-state index contributed by atoms with van der Waals surface area (Å²) in [7, 11) is 0. The number of hydrogen-bond acceptors (Lipinski definition) is 6. The number of piperidine rings is 1. The van der Waals surface area contributed by atoms with E-state index >= 15 is 0 Å². The molecule has 1 fully saturated rings. The summed E-state index contributed by atoms with van der Waals surface area (Å²) in [5, 5.41) is 26.6. The van der Waals surface area contributed by atoms with Crippen molar-refractivity contribution < 1.29 is 9.52 Å². The highest BCUT2D eigenvalue weighted by Crippen LogP contribution is 2.25. The smallest absolute Gasteiger partial charge is 0.247 e. The summed E-state index contributed by atoms with van der Waals surface area (Å²) < 4.78 is 5.76. The van der Waals surface area contributed by atoms with Crippen molar-refractivity contribution in [3.63, 3.8) is 0 Å². The first-order valence-corrected chi connectivity index (χ1v) is 7.90. The minimum Gasteiger partial charge on any atom is -0.419 e. The summed E-state index contributed by atoms with van der Waals surface area (Å²) in [6, 6.07) is 9.70. The Morgan fingerprint density at radius 1 is 1.30 bits per heavy atom. The Kier molecular flexibility index (Phi) is 4.70. The third kappa shape index (κ3) is 3.41. The summed E-state index contributed by atoms with van der Waals surface area (Å²) in [6.07, 6.45) is 3.26. The molecule has 1 N–H and O–H groups in total. The van der Waals surface area contributed by atoms with Gasteiger partial charge in [-0.25, -0.2) is 0 Å². The maximum Gasteiger partial charge on any atom is 0.247 e. The lowest BCUT2D eigenvalue weighted by Crippen LogP contribution is -2.46. The molecule has 2 aromatic rings. The molecule has 0 amide bonds. The lowest BCUT2D eigenvalue weighted by Gasteiger charge is -2.38. The number of nitriles is 1. The van der Waals surface area contributed by atoms with E-state index in [-0.39, 0.29) is 12.6 Å². The second-order valence-corrected chi connectivity index (χ2v) is 5.98. The van der Waals surface area contributed by atoms with Crippen LogP contribution in [0.1, 0.15) is 37.6 Å². The van der Waals surface area contributed by atoms with Gasteiger partial charge < -0.3 is 9.52 Å². The number of aliphatic hydroxyl groups is 1. The second-order valence-electron chi connectivity index (χ2n) is 5.98. The number of benzene rings is 1. The predicted octanol–water partition coefficient (Wildman–Crippen LogP) is 2.34. The quantitative estimate of drug-likeness (QED) is 0.932. The van der Waals surface area contributed by atoms with Crippen molar-refractivity contribution in [3.8, 4) is 17.5 Å². The summed E-state index contributed by atoms with van der Waals surface area (Å²) >= 11 is 0. The van der Waals surface area contributed by atoms with Crippen molar-refractivity contribution in [3.05, 3.63) is 35.7 Å². The van der Waals surface area contributed by atoms with Gasteiger partial charge in [0.15, 0.2) is 0 Å². The highest BCUT2D eigenvalue weighted by molar-refractivity contribution is 5.54. The van der Waals surface area contributed by atoms with E-state index in [1.165, 1.54) is 0 Å². The van der Waals surface area contributed by atoms with Gasteiger partial charge in [-0.2, -0.15) is 5.26 Å². The second kappa shape index (κ2) is 6.90. The monoisotopic (exact) mass is 312 g/mol. The van der Waals surface area contributed by atoms with Gasteiger partial charge in [0.05, 0.1) is 24.8 Å². The van der Waals surface area contributed by atoms with Gasteiger partial charge in [-0.1, -0.05) is 6.42 Å². The number of hydrogen-bond donors (Lipinski definition) is 1. The van der Waals surface area contributed by atoms with E-state index < -0.39 is 0 Å². The van der Waals surface area contributed by atoms with Crippen LogP contribution in [0.2, 0.25) is 0 Å².